The number of likely N-dealkylation sites (tertiary alicyclic amines) is 1. The number of nitrogens with one attached hydrogen (secondary N) is 1. The van der Waals surface area contributed by atoms with Crippen LogP contribution in [0.2, 0.25) is 0 Å². The van der Waals surface area contributed by atoms with E-state index in [0.717, 1.165) is 31.4 Å². The van der Waals surface area contributed by atoms with Gasteiger partial charge in [-0.3, -0.25) is 4.79 Å². The van der Waals surface area contributed by atoms with E-state index in [2.05, 4.69) is 21.8 Å². The van der Waals surface area contributed by atoms with E-state index < -0.39 is 21.8 Å². The van der Waals surface area contributed by atoms with Crippen molar-refractivity contribution in [2.45, 2.75) is 43.2 Å². The summed E-state index contributed by atoms with van der Waals surface area (Å²) in [6.07, 6.45) is -1.82. The number of halogens is 3. The molecule has 2 aromatic carbocycles. The van der Waals surface area contributed by atoms with E-state index in [1.54, 1.807) is 4.90 Å². The highest BCUT2D eigenvalue weighted by molar-refractivity contribution is 7.90. The number of carbonyl (C=O) groups excluding carboxylic acids is 1. The molecule has 4 rings (SSSR count). The molecule has 0 aromatic heterocycles. The molecule has 2 aliphatic rings. The van der Waals surface area contributed by atoms with Crippen LogP contribution < -0.4 is 5.32 Å². The van der Waals surface area contributed by atoms with E-state index in [0.29, 0.717) is 25.1 Å². The number of sulfonamides is 1. The second-order valence-corrected chi connectivity index (χ2v) is 9.93. The van der Waals surface area contributed by atoms with Crippen LogP contribution in [0.15, 0.2) is 57.8 Å². The van der Waals surface area contributed by atoms with Crippen molar-refractivity contribution in [2.24, 2.45) is 10.3 Å². The number of hydrogen-bond donors (Lipinski definition) is 1. The Bertz CT molecular complexity index is 1160. The van der Waals surface area contributed by atoms with Crippen molar-refractivity contribution >= 4 is 27.5 Å². The van der Waals surface area contributed by atoms with Crippen LogP contribution in [0.3, 0.4) is 0 Å². The first-order valence-electron chi connectivity index (χ1n) is 10.8. The van der Waals surface area contributed by atoms with E-state index in [4.69, 9.17) is 0 Å². The number of nitrogens with zero attached hydrogens (tertiary/aromatic N) is 2. The molecule has 2 aromatic rings. The van der Waals surface area contributed by atoms with Crippen LogP contribution in [0.1, 0.15) is 36.8 Å². The molecule has 33 heavy (non-hydrogen) atoms. The number of piperidine rings is 1. The number of carbonyl (C=O) groups is 1. The summed E-state index contributed by atoms with van der Waals surface area (Å²) in [6, 6.07) is 12.6. The third-order valence-electron chi connectivity index (χ3n) is 6.00. The number of anilines is 1. The van der Waals surface area contributed by atoms with Gasteiger partial charge in [-0.15, -0.1) is 4.40 Å². The maximum atomic E-state index is 13.0. The van der Waals surface area contributed by atoms with Gasteiger partial charge in [-0.05, 0) is 48.9 Å². The summed E-state index contributed by atoms with van der Waals surface area (Å²) >= 11 is 0. The highest BCUT2D eigenvalue weighted by Crippen LogP contribution is 2.35. The molecule has 0 atom stereocenters. The second kappa shape index (κ2) is 9.17. The van der Waals surface area contributed by atoms with Crippen molar-refractivity contribution in [2.75, 3.05) is 18.4 Å². The van der Waals surface area contributed by atoms with Crippen molar-refractivity contribution in [3.05, 3.63) is 59.7 Å². The van der Waals surface area contributed by atoms with Gasteiger partial charge in [-0.2, -0.15) is 21.6 Å². The maximum absolute atomic E-state index is 13.0. The molecule has 1 fully saturated rings. The number of amidine groups is 1. The van der Waals surface area contributed by atoms with Gasteiger partial charge in [0.1, 0.15) is 10.7 Å². The van der Waals surface area contributed by atoms with Gasteiger partial charge in [0.05, 0.1) is 11.3 Å². The Morgan fingerprint density at radius 1 is 1.09 bits per heavy atom. The molecule has 0 saturated carbocycles. The summed E-state index contributed by atoms with van der Waals surface area (Å²) < 4.78 is 67.4. The quantitative estimate of drug-likeness (QED) is 0.686. The van der Waals surface area contributed by atoms with Crippen LogP contribution in [0.5, 0.6) is 0 Å². The van der Waals surface area contributed by atoms with Crippen molar-refractivity contribution in [1.29, 1.82) is 0 Å². The number of rotatable bonds is 5. The van der Waals surface area contributed by atoms with Crippen LogP contribution >= 0.6 is 0 Å². The second-order valence-electron chi connectivity index (χ2n) is 8.36. The molecule has 0 aliphatic carbocycles. The fourth-order valence-corrected chi connectivity index (χ4v) is 5.38. The van der Waals surface area contributed by atoms with Crippen molar-refractivity contribution < 1.29 is 26.4 Å². The summed E-state index contributed by atoms with van der Waals surface area (Å²) in [4.78, 5) is 14.1. The standard InChI is InChI=1S/C23H24F3N3O3S/c24-23(25,26)18-6-7-20-19(15-18)27-21(28-33(20,31)32)8-9-22(30)29-12-10-17(11-13-29)14-16-4-2-1-3-5-16/h1-7,15,17H,8-14H2,(H,27,28). The molecule has 0 radical (unpaired) electrons. The fraction of sp³-hybridized carbons (Fsp3) is 0.391. The lowest BCUT2D eigenvalue weighted by atomic mass is 9.90. The number of alkyl halides is 3. The monoisotopic (exact) mass is 479 g/mol. The van der Waals surface area contributed by atoms with E-state index in [9.17, 15) is 26.4 Å². The average Bonchev–Trinajstić information content (AvgIpc) is 2.77. The van der Waals surface area contributed by atoms with Gasteiger partial charge in [0.2, 0.25) is 5.91 Å². The normalized spacial score (nSPS) is 18.3. The number of fused-ring (bicyclic) bond motifs is 1. The molecule has 0 bridgehead atoms. The first-order valence-corrected chi connectivity index (χ1v) is 12.2. The predicted octanol–water partition coefficient (Wildman–Crippen LogP) is 4.48. The minimum Gasteiger partial charge on any atom is -0.343 e. The Morgan fingerprint density at radius 3 is 2.45 bits per heavy atom. The third kappa shape index (κ3) is 5.55. The first kappa shape index (κ1) is 23.3. The molecule has 1 N–H and O–H groups in total. The molecule has 0 spiro atoms. The summed E-state index contributed by atoms with van der Waals surface area (Å²) in [7, 11) is -4.13. The zero-order valence-electron chi connectivity index (χ0n) is 17.8. The van der Waals surface area contributed by atoms with Gasteiger partial charge < -0.3 is 10.2 Å². The molecule has 6 nitrogen and oxygen atoms in total. The lowest BCUT2D eigenvalue weighted by molar-refractivity contribution is -0.137. The van der Waals surface area contributed by atoms with Gasteiger partial charge in [-0.1, -0.05) is 30.3 Å². The molecule has 0 unspecified atom stereocenters. The van der Waals surface area contributed by atoms with E-state index in [-0.39, 0.29) is 35.2 Å². The Labute approximate surface area is 190 Å². The Hall–Kier alpha value is -2.88. The third-order valence-corrected chi connectivity index (χ3v) is 7.38. The van der Waals surface area contributed by atoms with Crippen LogP contribution in [-0.2, 0) is 27.4 Å². The van der Waals surface area contributed by atoms with Crippen LogP contribution in [0.4, 0.5) is 18.9 Å². The Kier molecular flexibility index (Phi) is 6.47. The zero-order valence-corrected chi connectivity index (χ0v) is 18.6. The van der Waals surface area contributed by atoms with Crippen LogP contribution in [0.25, 0.3) is 0 Å². The fourth-order valence-electron chi connectivity index (χ4n) is 4.23. The van der Waals surface area contributed by atoms with Gasteiger partial charge in [-0.25, -0.2) is 0 Å². The summed E-state index contributed by atoms with van der Waals surface area (Å²) in [5, 5.41) is 2.66. The Balaban J connectivity index is 1.33. The lowest BCUT2D eigenvalue weighted by Gasteiger charge is -2.32. The van der Waals surface area contributed by atoms with E-state index in [1.807, 2.05) is 18.2 Å². The van der Waals surface area contributed by atoms with Crippen molar-refractivity contribution in [1.82, 2.24) is 4.90 Å². The lowest BCUT2D eigenvalue weighted by Crippen LogP contribution is -2.39. The predicted molar refractivity (Wildman–Crippen MR) is 118 cm³/mol. The largest absolute Gasteiger partial charge is 0.416 e. The highest BCUT2D eigenvalue weighted by atomic mass is 32.2. The molecule has 1 saturated heterocycles. The van der Waals surface area contributed by atoms with Crippen LogP contribution in [-0.4, -0.2) is 38.2 Å². The van der Waals surface area contributed by atoms with E-state index >= 15 is 0 Å². The smallest absolute Gasteiger partial charge is 0.343 e. The first-order chi connectivity index (χ1) is 15.6. The zero-order chi connectivity index (χ0) is 23.6. The summed E-state index contributed by atoms with van der Waals surface area (Å²) in [5.41, 5.74) is 0.141. The molecule has 176 valence electrons. The summed E-state index contributed by atoms with van der Waals surface area (Å²) in [6.45, 7) is 1.26. The van der Waals surface area contributed by atoms with Crippen molar-refractivity contribution in [3.8, 4) is 0 Å². The van der Waals surface area contributed by atoms with Gasteiger partial charge in [0.25, 0.3) is 10.0 Å². The number of hydrogen-bond acceptors (Lipinski definition) is 4. The summed E-state index contributed by atoms with van der Waals surface area (Å²) in [5.74, 6) is 0.351. The number of amides is 1. The molecule has 1 amide bonds. The Morgan fingerprint density at radius 2 is 1.79 bits per heavy atom. The molecule has 10 heteroatoms. The van der Waals surface area contributed by atoms with E-state index in [1.165, 1.54) is 5.56 Å². The minimum absolute atomic E-state index is 0.00229. The number of benzene rings is 2. The molecule has 2 aliphatic heterocycles. The molecular weight excluding hydrogens is 455 g/mol. The molecule has 2 heterocycles. The average molecular weight is 480 g/mol. The maximum Gasteiger partial charge on any atom is 0.416 e. The molecular formula is C23H24F3N3O3S. The van der Waals surface area contributed by atoms with Gasteiger partial charge in [0.15, 0.2) is 0 Å². The van der Waals surface area contributed by atoms with Gasteiger partial charge >= 0.3 is 6.18 Å². The van der Waals surface area contributed by atoms with Crippen molar-refractivity contribution in [3.63, 3.8) is 0 Å². The highest BCUT2D eigenvalue weighted by Gasteiger charge is 2.34. The van der Waals surface area contributed by atoms with Gasteiger partial charge in [0, 0.05) is 25.9 Å². The minimum atomic E-state index is -4.60. The topological polar surface area (TPSA) is 78.8 Å². The SMILES string of the molecule is O=C(CCC1=NS(=O)(=O)c2ccc(C(F)(F)F)cc2N1)N1CCC(Cc2ccccc2)CC1. The van der Waals surface area contributed by atoms with Crippen LogP contribution in [0, 0.1) is 5.92 Å².